The standard InChI is InChI=1S/C21H30FN5O/c1-23-21(26-11-10-24-20(28)12-15-4-2-3-5-15)25-9-8-16-14-27-19-7-6-17(22)13-18(16)19/h6-7,13-15,27H,2-5,8-12H2,1H3,(H,24,28)(H2,23,25,26). The molecule has 0 aliphatic heterocycles. The zero-order valence-corrected chi connectivity index (χ0v) is 16.5. The number of aromatic nitrogens is 1. The molecular formula is C21H30FN5O. The number of guanidine groups is 1. The third kappa shape index (κ3) is 5.71. The van der Waals surface area contributed by atoms with E-state index in [1.165, 1.54) is 31.7 Å². The molecule has 1 fully saturated rings. The number of aromatic amines is 1. The Kier molecular flexibility index (Phi) is 7.28. The van der Waals surface area contributed by atoms with E-state index in [1.54, 1.807) is 19.2 Å². The second-order valence-electron chi connectivity index (χ2n) is 7.38. The summed E-state index contributed by atoms with van der Waals surface area (Å²) in [6.45, 7) is 1.87. The third-order valence-corrected chi connectivity index (χ3v) is 5.33. The lowest BCUT2D eigenvalue weighted by Crippen LogP contribution is -2.42. The maximum absolute atomic E-state index is 13.5. The van der Waals surface area contributed by atoms with Crippen LogP contribution in [0.4, 0.5) is 4.39 Å². The van der Waals surface area contributed by atoms with Crippen LogP contribution in [0, 0.1) is 11.7 Å². The van der Waals surface area contributed by atoms with Gasteiger partial charge in [-0.3, -0.25) is 9.79 Å². The van der Waals surface area contributed by atoms with Crippen LogP contribution >= 0.6 is 0 Å². The molecule has 0 bridgehead atoms. The molecule has 7 heteroatoms. The highest BCUT2D eigenvalue weighted by atomic mass is 19.1. The number of amides is 1. The maximum atomic E-state index is 13.5. The molecule has 1 aliphatic rings. The van der Waals surface area contributed by atoms with Gasteiger partial charge in [-0.1, -0.05) is 12.8 Å². The Bertz CT molecular complexity index is 810. The number of halogens is 1. The van der Waals surface area contributed by atoms with Gasteiger partial charge < -0.3 is 20.9 Å². The molecule has 1 saturated carbocycles. The zero-order valence-electron chi connectivity index (χ0n) is 16.5. The Morgan fingerprint density at radius 3 is 2.71 bits per heavy atom. The Balaban J connectivity index is 1.34. The lowest BCUT2D eigenvalue weighted by molar-refractivity contribution is -0.121. The SMILES string of the molecule is CN=C(NCCNC(=O)CC1CCCC1)NCCc1c[nH]c2ccc(F)cc12. The lowest BCUT2D eigenvalue weighted by atomic mass is 10.0. The molecular weight excluding hydrogens is 357 g/mol. The van der Waals surface area contributed by atoms with Crippen molar-refractivity contribution >= 4 is 22.8 Å². The number of carbonyl (C=O) groups excluding carboxylic acids is 1. The second kappa shape index (κ2) is 10.1. The number of aliphatic imine (C=N–C) groups is 1. The van der Waals surface area contributed by atoms with Crippen molar-refractivity contribution in [1.82, 2.24) is 20.9 Å². The van der Waals surface area contributed by atoms with Crippen molar-refractivity contribution in [3.63, 3.8) is 0 Å². The molecule has 2 aromatic rings. The van der Waals surface area contributed by atoms with Crippen LogP contribution < -0.4 is 16.0 Å². The van der Waals surface area contributed by atoms with Gasteiger partial charge in [-0.05, 0) is 48.9 Å². The van der Waals surface area contributed by atoms with E-state index in [-0.39, 0.29) is 11.7 Å². The Morgan fingerprint density at radius 2 is 1.93 bits per heavy atom. The number of carbonyl (C=O) groups is 1. The van der Waals surface area contributed by atoms with Crippen molar-refractivity contribution in [2.24, 2.45) is 10.9 Å². The molecule has 0 saturated heterocycles. The van der Waals surface area contributed by atoms with E-state index in [1.807, 2.05) is 6.20 Å². The van der Waals surface area contributed by atoms with Crippen molar-refractivity contribution in [1.29, 1.82) is 0 Å². The topological polar surface area (TPSA) is 81.3 Å². The summed E-state index contributed by atoms with van der Waals surface area (Å²) in [4.78, 5) is 19.3. The molecule has 1 amide bonds. The van der Waals surface area contributed by atoms with Crippen molar-refractivity contribution < 1.29 is 9.18 Å². The van der Waals surface area contributed by atoms with Gasteiger partial charge in [-0.25, -0.2) is 4.39 Å². The molecule has 4 N–H and O–H groups in total. The van der Waals surface area contributed by atoms with E-state index >= 15 is 0 Å². The first-order valence-corrected chi connectivity index (χ1v) is 10.1. The highest BCUT2D eigenvalue weighted by Gasteiger charge is 2.17. The first-order valence-electron chi connectivity index (χ1n) is 10.1. The van der Waals surface area contributed by atoms with Gasteiger partial charge in [0.2, 0.25) is 5.91 Å². The van der Waals surface area contributed by atoms with Crippen LogP contribution in [0.15, 0.2) is 29.4 Å². The van der Waals surface area contributed by atoms with Crippen LogP contribution in [0.3, 0.4) is 0 Å². The van der Waals surface area contributed by atoms with E-state index in [0.717, 1.165) is 22.9 Å². The minimum Gasteiger partial charge on any atom is -0.361 e. The highest BCUT2D eigenvalue weighted by molar-refractivity contribution is 5.83. The van der Waals surface area contributed by atoms with Crippen LogP contribution in [0.1, 0.15) is 37.7 Å². The molecule has 28 heavy (non-hydrogen) atoms. The number of H-pyrrole nitrogens is 1. The van der Waals surface area contributed by atoms with Crippen molar-refractivity contribution in [2.75, 3.05) is 26.7 Å². The summed E-state index contributed by atoms with van der Waals surface area (Å²) in [5, 5.41) is 10.3. The average Bonchev–Trinajstić information content (AvgIpc) is 3.33. The van der Waals surface area contributed by atoms with Crippen molar-refractivity contribution in [2.45, 2.75) is 38.5 Å². The highest BCUT2D eigenvalue weighted by Crippen LogP contribution is 2.27. The van der Waals surface area contributed by atoms with Gasteiger partial charge in [0.25, 0.3) is 0 Å². The summed E-state index contributed by atoms with van der Waals surface area (Å²) in [6.07, 6.45) is 8.21. The molecule has 1 aromatic heterocycles. The number of nitrogens with zero attached hydrogens (tertiary/aromatic N) is 1. The quantitative estimate of drug-likeness (QED) is 0.319. The van der Waals surface area contributed by atoms with Gasteiger partial charge in [-0.2, -0.15) is 0 Å². The summed E-state index contributed by atoms with van der Waals surface area (Å²) in [5.41, 5.74) is 2.00. The molecule has 0 unspecified atom stereocenters. The van der Waals surface area contributed by atoms with Gasteiger partial charge in [0.15, 0.2) is 5.96 Å². The van der Waals surface area contributed by atoms with Crippen molar-refractivity contribution in [3.8, 4) is 0 Å². The van der Waals surface area contributed by atoms with E-state index in [4.69, 9.17) is 0 Å². The second-order valence-corrected chi connectivity index (χ2v) is 7.38. The molecule has 1 aliphatic carbocycles. The number of hydrogen-bond acceptors (Lipinski definition) is 2. The summed E-state index contributed by atoms with van der Waals surface area (Å²) < 4.78 is 13.5. The molecule has 3 rings (SSSR count). The van der Waals surface area contributed by atoms with Crippen LogP contribution in [-0.2, 0) is 11.2 Å². The van der Waals surface area contributed by atoms with E-state index in [2.05, 4.69) is 25.9 Å². The lowest BCUT2D eigenvalue weighted by Gasteiger charge is -2.13. The Morgan fingerprint density at radius 1 is 1.18 bits per heavy atom. The molecule has 1 heterocycles. The van der Waals surface area contributed by atoms with Gasteiger partial charge in [0.1, 0.15) is 5.82 Å². The largest absolute Gasteiger partial charge is 0.361 e. The number of hydrogen-bond donors (Lipinski definition) is 4. The first-order chi connectivity index (χ1) is 13.7. The Hall–Kier alpha value is -2.57. The summed E-state index contributed by atoms with van der Waals surface area (Å²) in [6, 6.07) is 4.77. The summed E-state index contributed by atoms with van der Waals surface area (Å²) >= 11 is 0. The molecule has 0 spiro atoms. The number of benzene rings is 1. The van der Waals surface area contributed by atoms with E-state index < -0.39 is 0 Å². The first kappa shape index (κ1) is 20.2. The third-order valence-electron chi connectivity index (χ3n) is 5.33. The average molecular weight is 388 g/mol. The number of fused-ring (bicyclic) bond motifs is 1. The van der Waals surface area contributed by atoms with Gasteiger partial charge in [0, 0.05) is 50.2 Å². The van der Waals surface area contributed by atoms with Crippen molar-refractivity contribution in [3.05, 3.63) is 35.8 Å². The normalized spacial score (nSPS) is 15.1. The minimum absolute atomic E-state index is 0.142. The predicted octanol–water partition coefficient (Wildman–Crippen LogP) is 2.71. The molecule has 0 atom stereocenters. The summed E-state index contributed by atoms with van der Waals surface area (Å²) in [7, 11) is 1.72. The van der Waals surface area contributed by atoms with E-state index in [0.29, 0.717) is 37.9 Å². The van der Waals surface area contributed by atoms with Crippen LogP contribution in [0.25, 0.3) is 10.9 Å². The fraction of sp³-hybridized carbons (Fsp3) is 0.524. The molecule has 0 radical (unpaired) electrons. The number of nitrogens with one attached hydrogen (secondary N) is 4. The molecule has 152 valence electrons. The smallest absolute Gasteiger partial charge is 0.220 e. The van der Waals surface area contributed by atoms with Gasteiger partial charge >= 0.3 is 0 Å². The minimum atomic E-state index is -0.228. The van der Waals surface area contributed by atoms with Gasteiger partial charge in [-0.15, -0.1) is 0 Å². The monoisotopic (exact) mass is 387 g/mol. The zero-order chi connectivity index (χ0) is 19.8. The van der Waals surface area contributed by atoms with E-state index in [9.17, 15) is 9.18 Å². The maximum Gasteiger partial charge on any atom is 0.220 e. The van der Waals surface area contributed by atoms with Crippen LogP contribution in [0.5, 0.6) is 0 Å². The van der Waals surface area contributed by atoms with Gasteiger partial charge in [0.05, 0.1) is 0 Å². The molecule has 1 aromatic carbocycles. The molecule has 6 nitrogen and oxygen atoms in total. The number of rotatable bonds is 8. The summed E-state index contributed by atoms with van der Waals surface area (Å²) in [5.74, 6) is 1.17. The van der Waals surface area contributed by atoms with Crippen LogP contribution in [-0.4, -0.2) is 43.5 Å². The Labute approximate surface area is 165 Å². The predicted molar refractivity (Wildman–Crippen MR) is 111 cm³/mol. The van der Waals surface area contributed by atoms with Crippen LogP contribution in [0.2, 0.25) is 0 Å². The fourth-order valence-corrected chi connectivity index (χ4v) is 3.83. The fourth-order valence-electron chi connectivity index (χ4n) is 3.83.